The first-order valence-corrected chi connectivity index (χ1v) is 20.6. The summed E-state index contributed by atoms with van der Waals surface area (Å²) in [6.45, 7) is 7.75. The van der Waals surface area contributed by atoms with Gasteiger partial charge in [0.15, 0.2) is 33.1 Å². The number of ether oxygens (including phenoxy) is 1. The maximum absolute atomic E-state index is 16.2. The third-order valence-electron chi connectivity index (χ3n) is 11.0. The molecule has 0 saturated heterocycles. The largest absolute Gasteiger partial charge is 0.454 e. The van der Waals surface area contributed by atoms with Crippen LogP contribution in [0.4, 0.5) is 13.2 Å². The Morgan fingerprint density at radius 1 is 1.04 bits per heavy atom. The van der Waals surface area contributed by atoms with Crippen LogP contribution in [0.5, 0.6) is 11.5 Å². The van der Waals surface area contributed by atoms with Crippen molar-refractivity contribution in [3.63, 3.8) is 0 Å². The van der Waals surface area contributed by atoms with Crippen LogP contribution in [0.3, 0.4) is 0 Å². The molecule has 3 aromatic carbocycles. The second-order valence-corrected chi connectivity index (χ2v) is 18.8. The summed E-state index contributed by atoms with van der Waals surface area (Å²) >= 11 is 0. The van der Waals surface area contributed by atoms with Gasteiger partial charge in [-0.05, 0) is 81.1 Å². The Kier molecular flexibility index (Phi) is 11.2. The number of aromatic amines is 1. The van der Waals surface area contributed by atoms with Crippen LogP contribution in [0.2, 0.25) is 0 Å². The Hall–Kier alpha value is -4.69. The van der Waals surface area contributed by atoms with E-state index in [4.69, 9.17) is 14.8 Å². The van der Waals surface area contributed by atoms with Gasteiger partial charge in [-0.15, -0.1) is 0 Å². The molecule has 0 radical (unpaired) electrons. The zero-order valence-electron chi connectivity index (χ0n) is 33.5. The molecule has 1 aliphatic rings. The number of amides is 1. The molecular formula is C42H51F3N6O4S. The van der Waals surface area contributed by atoms with E-state index in [1.807, 2.05) is 45.9 Å². The highest BCUT2D eigenvalue weighted by molar-refractivity contribution is 7.91. The summed E-state index contributed by atoms with van der Waals surface area (Å²) in [6.07, 6.45) is 3.63. The molecular weight excluding hydrogens is 742 g/mol. The van der Waals surface area contributed by atoms with Crippen LogP contribution in [0.25, 0.3) is 22.3 Å². The van der Waals surface area contributed by atoms with Crippen LogP contribution in [0, 0.1) is 28.8 Å². The van der Waals surface area contributed by atoms with E-state index in [0.29, 0.717) is 31.5 Å². The number of benzene rings is 3. The highest BCUT2D eigenvalue weighted by atomic mass is 32.2. The maximum Gasteiger partial charge on any atom is 0.225 e. The number of carbonyl (C=O) groups is 1. The molecule has 4 bridgehead atoms. The Morgan fingerprint density at radius 3 is 2.46 bits per heavy atom. The molecule has 3 heterocycles. The van der Waals surface area contributed by atoms with Crippen LogP contribution in [-0.2, 0) is 33.5 Å². The number of fused-ring (bicyclic) bond motifs is 8. The van der Waals surface area contributed by atoms with Crippen molar-refractivity contribution in [3.05, 3.63) is 94.7 Å². The first-order valence-electron chi connectivity index (χ1n) is 18.8. The molecule has 0 fully saturated rings. The minimum absolute atomic E-state index is 0.0140. The summed E-state index contributed by atoms with van der Waals surface area (Å²) in [5, 5.41) is 5.10. The molecule has 14 heteroatoms. The molecule has 0 aliphatic carbocycles. The number of aryl methyl sites for hydroxylation is 1. The molecule has 56 heavy (non-hydrogen) atoms. The predicted octanol–water partition coefficient (Wildman–Crippen LogP) is 7.97. The van der Waals surface area contributed by atoms with Crippen LogP contribution in [0.15, 0.2) is 54.7 Å². The molecule has 0 saturated carbocycles. The summed E-state index contributed by atoms with van der Waals surface area (Å²) in [7, 11) is 4.67. The van der Waals surface area contributed by atoms with Gasteiger partial charge in [0.1, 0.15) is 11.6 Å². The predicted molar refractivity (Wildman–Crippen MR) is 212 cm³/mol. The number of aromatic nitrogens is 4. The Morgan fingerprint density at radius 2 is 1.77 bits per heavy atom. The minimum atomic E-state index is -3.82. The van der Waals surface area contributed by atoms with Gasteiger partial charge in [0.2, 0.25) is 11.7 Å². The first-order chi connectivity index (χ1) is 26.2. The van der Waals surface area contributed by atoms with Gasteiger partial charge < -0.3 is 19.5 Å². The quantitative estimate of drug-likeness (QED) is 0.192. The van der Waals surface area contributed by atoms with Crippen molar-refractivity contribution in [1.29, 1.82) is 0 Å². The highest BCUT2D eigenvalue weighted by Gasteiger charge is 2.38. The fourth-order valence-electron chi connectivity index (χ4n) is 8.05. The van der Waals surface area contributed by atoms with Gasteiger partial charge in [-0.25, -0.2) is 26.9 Å². The van der Waals surface area contributed by atoms with Crippen molar-refractivity contribution >= 4 is 26.6 Å². The van der Waals surface area contributed by atoms with Crippen molar-refractivity contribution in [2.75, 3.05) is 39.7 Å². The summed E-state index contributed by atoms with van der Waals surface area (Å²) in [4.78, 5) is 23.7. The van der Waals surface area contributed by atoms with Gasteiger partial charge in [0.05, 0.1) is 34.0 Å². The van der Waals surface area contributed by atoms with E-state index in [1.54, 1.807) is 51.1 Å². The highest BCUT2D eigenvalue weighted by Crippen LogP contribution is 2.44. The van der Waals surface area contributed by atoms with E-state index in [0.717, 1.165) is 17.2 Å². The van der Waals surface area contributed by atoms with E-state index >= 15 is 13.2 Å². The molecule has 1 N–H and O–H groups in total. The lowest BCUT2D eigenvalue weighted by Crippen LogP contribution is -2.33. The normalized spacial score (nSPS) is 20.5. The lowest BCUT2D eigenvalue weighted by atomic mass is 9.75. The summed E-state index contributed by atoms with van der Waals surface area (Å²) in [6, 6.07) is 12.4. The smallest absolute Gasteiger partial charge is 0.225 e. The van der Waals surface area contributed by atoms with Crippen LogP contribution in [0.1, 0.15) is 75.5 Å². The molecule has 300 valence electrons. The van der Waals surface area contributed by atoms with Crippen molar-refractivity contribution in [2.24, 2.45) is 18.4 Å². The lowest BCUT2D eigenvalue weighted by Gasteiger charge is -2.32. The lowest BCUT2D eigenvalue weighted by molar-refractivity contribution is -0.132. The van der Waals surface area contributed by atoms with Crippen molar-refractivity contribution < 1.29 is 31.1 Å². The average Bonchev–Trinajstić information content (AvgIpc) is 3.76. The van der Waals surface area contributed by atoms with Crippen molar-refractivity contribution in [1.82, 2.24) is 29.5 Å². The molecule has 1 amide bonds. The Labute approximate surface area is 327 Å². The first kappa shape index (κ1) is 41.0. The van der Waals surface area contributed by atoms with Gasteiger partial charge >= 0.3 is 0 Å². The van der Waals surface area contributed by atoms with Crippen molar-refractivity contribution in [3.8, 4) is 22.9 Å². The topological polar surface area (TPSA) is 113 Å². The number of H-pyrrole nitrogens is 1. The van der Waals surface area contributed by atoms with Gasteiger partial charge in [-0.2, -0.15) is 9.49 Å². The van der Waals surface area contributed by atoms with Gasteiger partial charge in [-0.1, -0.05) is 51.5 Å². The summed E-state index contributed by atoms with van der Waals surface area (Å²) in [5.74, 6) is -3.80. The molecule has 6 rings (SSSR count). The molecule has 0 spiro atoms. The van der Waals surface area contributed by atoms with E-state index in [9.17, 15) is 13.2 Å². The number of sulfone groups is 1. The maximum atomic E-state index is 16.2. The zero-order chi connectivity index (χ0) is 40.9. The van der Waals surface area contributed by atoms with Crippen molar-refractivity contribution in [2.45, 2.75) is 64.8 Å². The number of nitrogens with zero attached hydrogens (tertiary/aromatic N) is 5. The number of nitrogens with one attached hydrogen (secondary N) is 1. The van der Waals surface area contributed by atoms with Crippen LogP contribution in [-0.4, -0.2) is 83.6 Å². The monoisotopic (exact) mass is 792 g/mol. The number of halogens is 3. The second kappa shape index (κ2) is 15.3. The molecule has 1 aliphatic heterocycles. The van der Waals surface area contributed by atoms with E-state index in [2.05, 4.69) is 11.1 Å². The number of carbonyl (C=O) groups excluding carboxylic acids is 1. The average molecular weight is 793 g/mol. The Balaban J connectivity index is 1.53. The number of hydrogen-bond acceptors (Lipinski definition) is 7. The van der Waals surface area contributed by atoms with E-state index in [1.165, 1.54) is 23.0 Å². The van der Waals surface area contributed by atoms with Crippen LogP contribution < -0.4 is 4.74 Å². The molecule has 10 nitrogen and oxygen atoms in total. The standard InChI is InChI=1S/C42H51F3N6O4S/c1-25(39(52)50(7)8)20-26-12-10-13-27(21-26)42(4)18-11-17-41(2,3)24-56(53,54)23-32(49(5)6)33-29-16-19-46-36(29)34(44)35(45)37(33)55-28-14-15-31(43)30(22-28)38-47-40(42)48-51(38)9/h10,12-16,19,21-22,25,32,46H,11,17-18,20,23-24H2,1-9H3/t25?,32?,42-/m1/s1. The molecule has 2 unspecified atom stereocenters. The zero-order valence-corrected chi connectivity index (χ0v) is 34.3. The third-order valence-corrected chi connectivity index (χ3v) is 13.1. The molecule has 3 atom stereocenters. The molecule has 5 aromatic rings. The minimum Gasteiger partial charge on any atom is -0.454 e. The van der Waals surface area contributed by atoms with E-state index < -0.39 is 55.7 Å². The SMILES string of the molecule is CC(Cc1cccc([C@@]2(C)CCCC(C)(C)CS(=O)(=O)CC(N(C)C)c3c(c(F)c(F)c4[nH]ccc34)Oc3ccc(F)c(c3)-c3nc2nn3C)c1)C(=O)N(C)C. The fourth-order valence-corrected chi connectivity index (χ4v) is 10.5. The third kappa shape index (κ3) is 8.08. The van der Waals surface area contributed by atoms with Gasteiger partial charge in [-0.3, -0.25) is 4.79 Å². The van der Waals surface area contributed by atoms with Gasteiger partial charge in [0.25, 0.3) is 0 Å². The summed E-state index contributed by atoms with van der Waals surface area (Å²) in [5.41, 5.74) is 0.421. The second-order valence-electron chi connectivity index (χ2n) is 16.7. The van der Waals surface area contributed by atoms with Crippen LogP contribution >= 0.6 is 0 Å². The summed E-state index contributed by atoms with van der Waals surface area (Å²) < 4.78 is 83.6. The number of hydrogen-bond donors (Lipinski definition) is 1. The Bertz CT molecular complexity index is 2390. The van der Waals surface area contributed by atoms with Gasteiger partial charge in [0, 0.05) is 44.2 Å². The fraction of sp³-hybridized carbons (Fsp3) is 0.452. The number of rotatable bonds is 5. The molecule has 2 aromatic heterocycles. The van der Waals surface area contributed by atoms with E-state index in [-0.39, 0.29) is 51.2 Å².